The number of nitrogens with one attached hydrogen (secondary N) is 1. The van der Waals surface area contributed by atoms with Crippen molar-refractivity contribution >= 4 is 0 Å². The normalized spacial score (nSPS) is 17.3. The number of rotatable bonds is 4. The molecule has 3 rings (SSSR count). The average molecular weight is 299 g/mol. The Morgan fingerprint density at radius 3 is 2.68 bits per heavy atom. The highest BCUT2D eigenvalue weighted by atomic mass is 15.1. The molecule has 1 aliphatic heterocycles. The maximum Gasteiger partial charge on any atom is 0.129 e. The smallest absolute Gasteiger partial charge is 0.129 e. The predicted octanol–water partition coefficient (Wildman–Crippen LogP) is 2.84. The largest absolute Gasteiger partial charge is 0.301 e. The van der Waals surface area contributed by atoms with Crippen molar-refractivity contribution in [2.45, 2.75) is 46.1 Å². The summed E-state index contributed by atoms with van der Waals surface area (Å²) in [5.74, 6) is 1.67. The number of aromatic amines is 1. The van der Waals surface area contributed by atoms with Crippen molar-refractivity contribution in [1.29, 1.82) is 0 Å². The van der Waals surface area contributed by atoms with E-state index in [0.717, 1.165) is 29.3 Å². The molecule has 1 saturated heterocycles. The summed E-state index contributed by atoms with van der Waals surface area (Å²) in [6, 6.07) is 4.62. The van der Waals surface area contributed by atoms with Gasteiger partial charge in [0.15, 0.2) is 0 Å². The Kier molecular flexibility index (Phi) is 4.52. The fourth-order valence-corrected chi connectivity index (χ4v) is 3.19. The van der Waals surface area contributed by atoms with E-state index in [1.165, 1.54) is 25.9 Å². The van der Waals surface area contributed by atoms with Crippen LogP contribution in [0.5, 0.6) is 0 Å². The van der Waals surface area contributed by atoms with E-state index in [9.17, 15) is 0 Å². The third kappa shape index (κ3) is 3.53. The molecule has 0 unspecified atom stereocenters. The van der Waals surface area contributed by atoms with Gasteiger partial charge in [0.1, 0.15) is 5.82 Å². The summed E-state index contributed by atoms with van der Waals surface area (Å²) in [5.41, 5.74) is 2.93. The standard InChI is InChI=1S/C17H25N5/c1-12(2)22-8-5-14(6-9-22)11-17-19-13(3)10-16(20-17)15-4-7-18-21-15/h4,7,10,12,14H,5-6,8-9,11H2,1-3H3,(H,18,21). The number of H-pyrrole nitrogens is 1. The van der Waals surface area contributed by atoms with E-state index in [2.05, 4.69) is 33.9 Å². The van der Waals surface area contributed by atoms with E-state index < -0.39 is 0 Å². The monoisotopic (exact) mass is 299 g/mol. The van der Waals surface area contributed by atoms with Crippen molar-refractivity contribution in [3.63, 3.8) is 0 Å². The van der Waals surface area contributed by atoms with Crippen LogP contribution in [0.25, 0.3) is 11.4 Å². The van der Waals surface area contributed by atoms with Gasteiger partial charge < -0.3 is 4.90 Å². The number of hydrogen-bond donors (Lipinski definition) is 1. The molecule has 0 radical (unpaired) electrons. The van der Waals surface area contributed by atoms with Gasteiger partial charge in [-0.1, -0.05) is 0 Å². The third-order valence-corrected chi connectivity index (χ3v) is 4.53. The maximum absolute atomic E-state index is 4.73. The van der Waals surface area contributed by atoms with Crippen molar-refractivity contribution < 1.29 is 0 Å². The molecule has 2 aromatic rings. The Balaban J connectivity index is 1.68. The van der Waals surface area contributed by atoms with E-state index in [1.54, 1.807) is 6.20 Å². The Bertz CT molecular complexity index is 598. The molecule has 5 heteroatoms. The van der Waals surface area contributed by atoms with Crippen LogP contribution in [0, 0.1) is 12.8 Å². The summed E-state index contributed by atoms with van der Waals surface area (Å²) in [4.78, 5) is 11.9. The minimum absolute atomic E-state index is 0.656. The minimum atomic E-state index is 0.656. The van der Waals surface area contributed by atoms with E-state index in [-0.39, 0.29) is 0 Å². The van der Waals surface area contributed by atoms with Crippen LogP contribution in [-0.2, 0) is 6.42 Å². The first-order chi connectivity index (χ1) is 10.6. The fraction of sp³-hybridized carbons (Fsp3) is 0.588. The van der Waals surface area contributed by atoms with E-state index in [4.69, 9.17) is 4.98 Å². The second kappa shape index (κ2) is 6.57. The predicted molar refractivity (Wildman–Crippen MR) is 87.5 cm³/mol. The van der Waals surface area contributed by atoms with Gasteiger partial charge in [-0.15, -0.1) is 0 Å². The third-order valence-electron chi connectivity index (χ3n) is 4.53. The highest BCUT2D eigenvalue weighted by Gasteiger charge is 2.22. The zero-order valence-electron chi connectivity index (χ0n) is 13.7. The molecule has 0 aromatic carbocycles. The van der Waals surface area contributed by atoms with Crippen LogP contribution < -0.4 is 0 Å². The molecule has 0 amide bonds. The molecule has 1 aliphatic rings. The molecule has 5 nitrogen and oxygen atoms in total. The zero-order valence-corrected chi connectivity index (χ0v) is 13.7. The van der Waals surface area contributed by atoms with Crippen LogP contribution in [0.4, 0.5) is 0 Å². The van der Waals surface area contributed by atoms with Gasteiger partial charge in [0.2, 0.25) is 0 Å². The Labute approximate surface area is 132 Å². The van der Waals surface area contributed by atoms with Crippen molar-refractivity contribution in [3.05, 3.63) is 29.8 Å². The number of likely N-dealkylation sites (tertiary alicyclic amines) is 1. The SMILES string of the molecule is Cc1cc(-c2ccn[nH]2)nc(CC2CCN(C(C)C)CC2)n1. The number of hydrogen-bond acceptors (Lipinski definition) is 4. The molecule has 1 N–H and O–H groups in total. The molecular formula is C17H25N5. The first kappa shape index (κ1) is 15.2. The van der Waals surface area contributed by atoms with Crippen molar-refractivity contribution in [2.75, 3.05) is 13.1 Å². The first-order valence-corrected chi connectivity index (χ1v) is 8.20. The molecule has 1 fully saturated rings. The summed E-state index contributed by atoms with van der Waals surface area (Å²) >= 11 is 0. The molecule has 22 heavy (non-hydrogen) atoms. The lowest BCUT2D eigenvalue weighted by molar-refractivity contribution is 0.148. The van der Waals surface area contributed by atoms with Crippen LogP contribution in [0.2, 0.25) is 0 Å². The highest BCUT2D eigenvalue weighted by Crippen LogP contribution is 2.23. The summed E-state index contributed by atoms with van der Waals surface area (Å²) < 4.78 is 0. The Morgan fingerprint density at radius 2 is 2.05 bits per heavy atom. The molecular weight excluding hydrogens is 274 g/mol. The maximum atomic E-state index is 4.73. The minimum Gasteiger partial charge on any atom is -0.301 e. The first-order valence-electron chi connectivity index (χ1n) is 8.20. The van der Waals surface area contributed by atoms with E-state index in [1.807, 2.05) is 19.1 Å². The zero-order chi connectivity index (χ0) is 15.5. The highest BCUT2D eigenvalue weighted by molar-refractivity contribution is 5.53. The van der Waals surface area contributed by atoms with Gasteiger partial charge in [0.05, 0.1) is 11.4 Å². The van der Waals surface area contributed by atoms with Gasteiger partial charge in [0.25, 0.3) is 0 Å². The molecule has 118 valence electrons. The lowest BCUT2D eigenvalue weighted by atomic mass is 9.92. The number of piperidine rings is 1. The van der Waals surface area contributed by atoms with Gasteiger partial charge in [-0.25, -0.2) is 9.97 Å². The van der Waals surface area contributed by atoms with Crippen LogP contribution in [0.1, 0.15) is 38.2 Å². The topological polar surface area (TPSA) is 57.7 Å². The van der Waals surface area contributed by atoms with Gasteiger partial charge >= 0.3 is 0 Å². The quantitative estimate of drug-likeness (QED) is 0.943. The van der Waals surface area contributed by atoms with Gasteiger partial charge in [-0.05, 0) is 64.8 Å². The van der Waals surface area contributed by atoms with E-state index >= 15 is 0 Å². The number of nitrogens with zero attached hydrogens (tertiary/aromatic N) is 4. The van der Waals surface area contributed by atoms with Crippen molar-refractivity contribution in [2.24, 2.45) is 5.92 Å². The molecule has 2 aromatic heterocycles. The van der Waals surface area contributed by atoms with Crippen molar-refractivity contribution in [3.8, 4) is 11.4 Å². The molecule has 0 aliphatic carbocycles. The second-order valence-corrected chi connectivity index (χ2v) is 6.56. The molecule has 0 atom stereocenters. The summed E-state index contributed by atoms with van der Waals surface area (Å²) in [5, 5.41) is 6.99. The van der Waals surface area contributed by atoms with Gasteiger partial charge in [-0.2, -0.15) is 5.10 Å². The Morgan fingerprint density at radius 1 is 1.27 bits per heavy atom. The number of aryl methyl sites for hydroxylation is 1. The number of aromatic nitrogens is 4. The van der Waals surface area contributed by atoms with Crippen LogP contribution in [0.15, 0.2) is 18.3 Å². The summed E-state index contributed by atoms with van der Waals surface area (Å²) in [6.07, 6.45) is 5.23. The van der Waals surface area contributed by atoms with E-state index in [0.29, 0.717) is 12.0 Å². The molecule has 0 saturated carbocycles. The van der Waals surface area contributed by atoms with Gasteiger partial charge in [-0.3, -0.25) is 5.10 Å². The lowest BCUT2D eigenvalue weighted by Gasteiger charge is -2.34. The van der Waals surface area contributed by atoms with Crippen LogP contribution in [0.3, 0.4) is 0 Å². The summed E-state index contributed by atoms with van der Waals surface area (Å²) in [7, 11) is 0. The average Bonchev–Trinajstić information content (AvgIpc) is 3.01. The van der Waals surface area contributed by atoms with Crippen molar-refractivity contribution in [1.82, 2.24) is 25.1 Å². The lowest BCUT2D eigenvalue weighted by Crippen LogP contribution is -2.39. The second-order valence-electron chi connectivity index (χ2n) is 6.56. The fourth-order valence-electron chi connectivity index (χ4n) is 3.19. The van der Waals surface area contributed by atoms with Crippen LogP contribution >= 0.6 is 0 Å². The molecule has 3 heterocycles. The van der Waals surface area contributed by atoms with Gasteiger partial charge in [0, 0.05) is 24.4 Å². The molecule has 0 spiro atoms. The van der Waals surface area contributed by atoms with Crippen LogP contribution in [-0.4, -0.2) is 44.2 Å². The summed E-state index contributed by atoms with van der Waals surface area (Å²) in [6.45, 7) is 8.98. The Hall–Kier alpha value is -1.75. The molecule has 0 bridgehead atoms.